The number of alkyl halides is 1. The molecule has 0 unspecified atom stereocenters. The van der Waals surface area contributed by atoms with E-state index in [0.717, 1.165) is 5.01 Å². The van der Waals surface area contributed by atoms with Crippen molar-refractivity contribution >= 4 is 23.4 Å². The van der Waals surface area contributed by atoms with Crippen LogP contribution in [0.2, 0.25) is 0 Å². The fourth-order valence-corrected chi connectivity index (χ4v) is 0.379. The summed E-state index contributed by atoms with van der Waals surface area (Å²) in [5.74, 6) is 0.248. The summed E-state index contributed by atoms with van der Waals surface area (Å²) in [6.45, 7) is 1.66. The molecule has 10 heavy (non-hydrogen) atoms. The Hall–Kier alpha value is -0.770. The molecule has 0 atom stereocenters. The van der Waals surface area contributed by atoms with Gasteiger partial charge in [0.2, 0.25) is 0 Å². The third-order valence-electron chi connectivity index (χ3n) is 0.791. The van der Waals surface area contributed by atoms with Gasteiger partial charge < -0.3 is 5.11 Å². The molecule has 0 spiro atoms. The molecule has 0 fully saturated rings. The minimum Gasteiger partial charge on any atom is -0.464 e. The minimum atomic E-state index is -1.09. The first kappa shape index (κ1) is 9.23. The highest BCUT2D eigenvalue weighted by atomic mass is 35.5. The van der Waals surface area contributed by atoms with E-state index in [1.54, 1.807) is 6.92 Å². The van der Waals surface area contributed by atoms with Gasteiger partial charge in [-0.2, -0.15) is 5.10 Å². The van der Waals surface area contributed by atoms with E-state index in [1.807, 2.05) is 0 Å². The lowest BCUT2D eigenvalue weighted by atomic mass is 10.5. The second-order valence-corrected chi connectivity index (χ2v) is 2.04. The average Bonchev–Trinajstić information content (AvgIpc) is 1.87. The summed E-state index contributed by atoms with van der Waals surface area (Å²) in [4.78, 5) is 10.1. The van der Waals surface area contributed by atoms with E-state index >= 15 is 0 Å². The molecule has 0 saturated carbocycles. The summed E-state index contributed by atoms with van der Waals surface area (Å²) in [7, 11) is 1.35. The van der Waals surface area contributed by atoms with Crippen LogP contribution in [0, 0.1) is 0 Å². The highest BCUT2D eigenvalue weighted by Crippen LogP contribution is 1.88. The van der Waals surface area contributed by atoms with Gasteiger partial charge in [-0.25, -0.2) is 9.80 Å². The van der Waals surface area contributed by atoms with Gasteiger partial charge in [0.25, 0.3) is 0 Å². The van der Waals surface area contributed by atoms with E-state index < -0.39 is 6.09 Å². The summed E-state index contributed by atoms with van der Waals surface area (Å²) < 4.78 is 0. The largest absolute Gasteiger partial charge is 0.464 e. The Morgan fingerprint density at radius 2 is 2.30 bits per heavy atom. The Bertz CT molecular complexity index is 158. The Morgan fingerprint density at radius 1 is 1.80 bits per heavy atom. The van der Waals surface area contributed by atoms with Gasteiger partial charge in [0, 0.05) is 7.05 Å². The first-order valence-corrected chi connectivity index (χ1v) is 3.18. The molecule has 0 heterocycles. The van der Waals surface area contributed by atoms with Crippen molar-refractivity contribution in [1.82, 2.24) is 5.01 Å². The van der Waals surface area contributed by atoms with Gasteiger partial charge in [-0.1, -0.05) is 0 Å². The third-order valence-corrected chi connectivity index (χ3v) is 1.18. The molecule has 4 nitrogen and oxygen atoms in total. The number of rotatable bonds is 2. The molecule has 58 valence electrons. The van der Waals surface area contributed by atoms with E-state index in [-0.39, 0.29) is 5.88 Å². The SMILES string of the molecule is CC(CCl)=NN(C)C(=O)O. The molecule has 1 amide bonds. The van der Waals surface area contributed by atoms with Crippen molar-refractivity contribution in [3.8, 4) is 0 Å². The van der Waals surface area contributed by atoms with Gasteiger partial charge in [0.05, 0.1) is 11.6 Å². The molecule has 0 radical (unpaired) electrons. The zero-order valence-electron chi connectivity index (χ0n) is 5.83. The number of halogens is 1. The predicted octanol–water partition coefficient (Wildman–Crippen LogP) is 1.21. The first-order valence-electron chi connectivity index (χ1n) is 2.64. The van der Waals surface area contributed by atoms with Crippen molar-refractivity contribution in [2.24, 2.45) is 5.10 Å². The van der Waals surface area contributed by atoms with Crippen LogP contribution in [0.1, 0.15) is 6.92 Å². The normalized spacial score (nSPS) is 11.3. The number of hydrogen-bond acceptors (Lipinski definition) is 2. The molecule has 0 aliphatic rings. The van der Waals surface area contributed by atoms with Gasteiger partial charge in [-0.05, 0) is 6.92 Å². The summed E-state index contributed by atoms with van der Waals surface area (Å²) in [6.07, 6.45) is -1.09. The lowest BCUT2D eigenvalue weighted by molar-refractivity contribution is 0.157. The molecule has 0 aliphatic carbocycles. The molecule has 0 aliphatic heterocycles. The van der Waals surface area contributed by atoms with E-state index in [9.17, 15) is 4.79 Å². The second kappa shape index (κ2) is 4.11. The van der Waals surface area contributed by atoms with Crippen molar-refractivity contribution in [2.45, 2.75) is 6.92 Å². The van der Waals surface area contributed by atoms with Gasteiger partial charge in [-0.3, -0.25) is 0 Å². The molecule has 0 bridgehead atoms. The summed E-state index contributed by atoms with van der Waals surface area (Å²) >= 11 is 5.35. The van der Waals surface area contributed by atoms with Crippen molar-refractivity contribution < 1.29 is 9.90 Å². The van der Waals surface area contributed by atoms with E-state index in [1.165, 1.54) is 7.05 Å². The maximum absolute atomic E-state index is 10.1. The second-order valence-electron chi connectivity index (χ2n) is 1.78. The fourth-order valence-electron chi connectivity index (χ4n) is 0.326. The van der Waals surface area contributed by atoms with Crippen LogP contribution in [0.15, 0.2) is 5.10 Å². The van der Waals surface area contributed by atoms with E-state index in [2.05, 4.69) is 5.10 Å². The van der Waals surface area contributed by atoms with Crippen LogP contribution in [0.3, 0.4) is 0 Å². The topological polar surface area (TPSA) is 52.9 Å². The number of hydrogen-bond donors (Lipinski definition) is 1. The molecule has 0 rings (SSSR count). The van der Waals surface area contributed by atoms with E-state index in [4.69, 9.17) is 16.7 Å². The van der Waals surface area contributed by atoms with Gasteiger partial charge >= 0.3 is 6.09 Å². The lowest BCUT2D eigenvalue weighted by Crippen LogP contribution is -2.20. The number of amides is 1. The predicted molar refractivity (Wildman–Crippen MR) is 39.6 cm³/mol. The Balaban J connectivity index is 3.99. The van der Waals surface area contributed by atoms with Crippen LogP contribution in [0.4, 0.5) is 4.79 Å². The van der Waals surface area contributed by atoms with Crippen LogP contribution < -0.4 is 0 Å². The van der Waals surface area contributed by atoms with Crippen molar-refractivity contribution in [3.05, 3.63) is 0 Å². The van der Waals surface area contributed by atoms with Gasteiger partial charge in [0.1, 0.15) is 0 Å². The van der Waals surface area contributed by atoms with Crippen molar-refractivity contribution in [1.29, 1.82) is 0 Å². The molecular weight excluding hydrogens is 156 g/mol. The van der Waals surface area contributed by atoms with Crippen LogP contribution in [0.25, 0.3) is 0 Å². The summed E-state index contributed by atoms with van der Waals surface area (Å²) in [5.41, 5.74) is 0.576. The molecule has 0 aromatic heterocycles. The minimum absolute atomic E-state index is 0.248. The average molecular weight is 165 g/mol. The van der Waals surface area contributed by atoms with Gasteiger partial charge in [-0.15, -0.1) is 11.6 Å². The number of hydrazone groups is 1. The number of nitrogens with zero attached hydrogens (tertiary/aromatic N) is 2. The summed E-state index contributed by atoms with van der Waals surface area (Å²) in [6, 6.07) is 0. The fraction of sp³-hybridized carbons (Fsp3) is 0.600. The zero-order chi connectivity index (χ0) is 8.15. The monoisotopic (exact) mass is 164 g/mol. The van der Waals surface area contributed by atoms with Crippen molar-refractivity contribution in [3.63, 3.8) is 0 Å². The molecule has 0 aromatic rings. The molecule has 0 aromatic carbocycles. The Morgan fingerprint density at radius 3 is 2.60 bits per heavy atom. The molecule has 1 N–H and O–H groups in total. The van der Waals surface area contributed by atoms with Crippen LogP contribution >= 0.6 is 11.6 Å². The smallest absolute Gasteiger partial charge is 0.427 e. The zero-order valence-corrected chi connectivity index (χ0v) is 6.59. The van der Waals surface area contributed by atoms with Crippen LogP contribution in [-0.4, -0.2) is 34.8 Å². The molecule has 0 saturated heterocycles. The van der Waals surface area contributed by atoms with Gasteiger partial charge in [0.15, 0.2) is 0 Å². The maximum atomic E-state index is 10.1. The number of carboxylic acid groups (broad SMARTS) is 1. The van der Waals surface area contributed by atoms with E-state index in [0.29, 0.717) is 5.71 Å². The lowest BCUT2D eigenvalue weighted by Gasteiger charge is -2.05. The van der Waals surface area contributed by atoms with Crippen molar-refractivity contribution in [2.75, 3.05) is 12.9 Å². The first-order chi connectivity index (χ1) is 4.57. The Labute approximate surface area is 64.1 Å². The standard InChI is InChI=1S/C5H9ClN2O2/c1-4(3-6)7-8(2)5(9)10/h3H2,1-2H3,(H,9,10). The highest BCUT2D eigenvalue weighted by Gasteiger charge is 2.01. The van der Waals surface area contributed by atoms with Crippen LogP contribution in [0.5, 0.6) is 0 Å². The highest BCUT2D eigenvalue weighted by molar-refractivity contribution is 6.28. The molecule has 5 heteroatoms. The summed E-state index contributed by atoms with van der Waals surface area (Å²) in [5, 5.41) is 12.7. The Kier molecular flexibility index (Phi) is 3.79. The van der Waals surface area contributed by atoms with Crippen LogP contribution in [-0.2, 0) is 0 Å². The quantitative estimate of drug-likeness (QED) is 0.379. The molecular formula is C5H9ClN2O2. The third kappa shape index (κ3) is 3.29. The number of carbonyl (C=O) groups is 1. The maximum Gasteiger partial charge on any atom is 0.427 e.